The van der Waals surface area contributed by atoms with Crippen molar-refractivity contribution in [2.45, 2.75) is 33.6 Å². The zero-order chi connectivity index (χ0) is 15.4. The van der Waals surface area contributed by atoms with E-state index >= 15 is 0 Å². The van der Waals surface area contributed by atoms with Crippen molar-refractivity contribution < 1.29 is 4.39 Å². The predicted molar refractivity (Wildman–Crippen MR) is 83.0 cm³/mol. The lowest BCUT2D eigenvalue weighted by Crippen LogP contribution is -2.14. The Balaban J connectivity index is 2.42. The van der Waals surface area contributed by atoms with Crippen LogP contribution in [0.2, 0.25) is 0 Å². The molecule has 1 aromatic heterocycles. The van der Waals surface area contributed by atoms with Crippen LogP contribution in [0.25, 0.3) is 0 Å². The number of hydrogen-bond acceptors (Lipinski definition) is 5. The molecule has 21 heavy (non-hydrogen) atoms. The van der Waals surface area contributed by atoms with Crippen molar-refractivity contribution in [3.8, 4) is 0 Å². The van der Waals surface area contributed by atoms with Crippen LogP contribution < -0.4 is 16.6 Å². The van der Waals surface area contributed by atoms with E-state index in [1.165, 1.54) is 12.1 Å². The van der Waals surface area contributed by atoms with E-state index in [1.54, 1.807) is 6.07 Å². The maximum Gasteiger partial charge on any atom is 0.148 e. The molecule has 6 heteroatoms. The number of nitrogens with zero attached hydrogens (tertiary/aromatic N) is 2. The second-order valence-corrected chi connectivity index (χ2v) is 4.94. The highest BCUT2D eigenvalue weighted by molar-refractivity contribution is 5.66. The van der Waals surface area contributed by atoms with Gasteiger partial charge in [-0.15, -0.1) is 0 Å². The Morgan fingerprint density at radius 3 is 2.57 bits per heavy atom. The third kappa shape index (κ3) is 3.46. The highest BCUT2D eigenvalue weighted by Gasteiger charge is 2.11. The van der Waals surface area contributed by atoms with E-state index in [-0.39, 0.29) is 5.82 Å². The van der Waals surface area contributed by atoms with E-state index in [2.05, 4.69) is 27.6 Å². The van der Waals surface area contributed by atoms with Crippen molar-refractivity contribution in [2.75, 3.05) is 10.7 Å². The normalized spacial score (nSPS) is 10.5. The first kappa shape index (κ1) is 15.2. The lowest BCUT2D eigenvalue weighted by atomic mass is 10.2. The number of nitrogen functional groups attached to an aromatic ring is 1. The minimum Gasteiger partial charge on any atom is -0.340 e. The fourth-order valence-corrected chi connectivity index (χ4v) is 2.02. The average Bonchev–Trinajstić information content (AvgIpc) is 2.46. The van der Waals surface area contributed by atoms with Crippen molar-refractivity contribution in [1.82, 2.24) is 9.97 Å². The molecule has 0 radical (unpaired) electrons. The fourth-order valence-electron chi connectivity index (χ4n) is 2.02. The van der Waals surface area contributed by atoms with E-state index in [4.69, 9.17) is 5.84 Å². The molecule has 4 N–H and O–H groups in total. The fraction of sp³-hybridized carbons (Fsp3) is 0.333. The molecule has 1 heterocycles. The van der Waals surface area contributed by atoms with Crippen molar-refractivity contribution in [3.05, 3.63) is 41.0 Å². The maximum atomic E-state index is 13.4. The smallest absolute Gasteiger partial charge is 0.148 e. The van der Waals surface area contributed by atoms with Gasteiger partial charge in [-0.3, -0.25) is 0 Å². The van der Waals surface area contributed by atoms with E-state index in [9.17, 15) is 4.39 Å². The second kappa shape index (κ2) is 6.49. The molecular weight excluding hydrogens is 269 g/mol. The predicted octanol–water partition coefficient (Wildman–Crippen LogP) is 3.21. The summed E-state index contributed by atoms with van der Waals surface area (Å²) < 4.78 is 13.4. The summed E-state index contributed by atoms with van der Waals surface area (Å²) >= 11 is 0. The molecule has 0 aliphatic carbocycles. The maximum absolute atomic E-state index is 13.4. The Bertz CT molecular complexity index is 642. The molecule has 112 valence electrons. The van der Waals surface area contributed by atoms with Crippen LogP contribution >= 0.6 is 0 Å². The van der Waals surface area contributed by atoms with Crippen LogP contribution in [0.15, 0.2) is 18.2 Å². The van der Waals surface area contributed by atoms with Crippen molar-refractivity contribution >= 4 is 17.3 Å². The Hall–Kier alpha value is -2.21. The number of benzene rings is 1. The van der Waals surface area contributed by atoms with Crippen LogP contribution in [-0.2, 0) is 6.42 Å². The van der Waals surface area contributed by atoms with Gasteiger partial charge in [-0.05, 0) is 38.0 Å². The molecule has 0 aliphatic heterocycles. The SMILES string of the molecule is CCCc1nc(NN)c(C)c(Nc2cc(F)ccc2C)n1. The molecule has 5 nitrogen and oxygen atoms in total. The second-order valence-electron chi connectivity index (χ2n) is 4.94. The molecule has 0 bridgehead atoms. The Kier molecular flexibility index (Phi) is 4.70. The van der Waals surface area contributed by atoms with Gasteiger partial charge in [0.25, 0.3) is 0 Å². The van der Waals surface area contributed by atoms with Gasteiger partial charge in [0.05, 0.1) is 0 Å². The number of halogens is 1. The standard InChI is InChI=1S/C15H20FN5/c1-4-5-13-19-14(10(3)15(20-13)21-17)18-12-8-11(16)7-6-9(12)2/h6-8H,4-5,17H2,1-3H3,(H2,18,19,20,21). The monoisotopic (exact) mass is 289 g/mol. The average molecular weight is 289 g/mol. The molecule has 0 unspecified atom stereocenters. The van der Waals surface area contributed by atoms with Crippen LogP contribution in [-0.4, -0.2) is 9.97 Å². The highest BCUT2D eigenvalue weighted by atomic mass is 19.1. The van der Waals surface area contributed by atoms with E-state index in [0.717, 1.165) is 24.0 Å². The molecule has 0 amide bonds. The van der Waals surface area contributed by atoms with Gasteiger partial charge in [0.1, 0.15) is 23.3 Å². The summed E-state index contributed by atoms with van der Waals surface area (Å²) in [6, 6.07) is 4.61. The molecule has 0 saturated carbocycles. The summed E-state index contributed by atoms with van der Waals surface area (Å²) in [6.07, 6.45) is 1.69. The van der Waals surface area contributed by atoms with Crippen LogP contribution in [0.1, 0.15) is 30.3 Å². The third-order valence-electron chi connectivity index (χ3n) is 3.26. The quantitative estimate of drug-likeness (QED) is 0.582. The van der Waals surface area contributed by atoms with Crippen LogP contribution in [0, 0.1) is 19.7 Å². The molecule has 0 spiro atoms. The molecule has 0 atom stereocenters. The Morgan fingerprint density at radius 1 is 1.19 bits per heavy atom. The van der Waals surface area contributed by atoms with Gasteiger partial charge >= 0.3 is 0 Å². The summed E-state index contributed by atoms with van der Waals surface area (Å²) in [5, 5.41) is 3.17. The zero-order valence-electron chi connectivity index (χ0n) is 12.5. The van der Waals surface area contributed by atoms with E-state index < -0.39 is 0 Å². The third-order valence-corrected chi connectivity index (χ3v) is 3.26. The van der Waals surface area contributed by atoms with Crippen molar-refractivity contribution in [2.24, 2.45) is 5.84 Å². The zero-order valence-corrected chi connectivity index (χ0v) is 12.5. The number of hydrogen-bond donors (Lipinski definition) is 3. The topological polar surface area (TPSA) is 75.9 Å². The molecule has 0 aliphatic rings. The summed E-state index contributed by atoms with van der Waals surface area (Å²) in [5.41, 5.74) is 4.99. The first-order valence-electron chi connectivity index (χ1n) is 6.92. The van der Waals surface area contributed by atoms with Crippen LogP contribution in [0.3, 0.4) is 0 Å². The summed E-state index contributed by atoms with van der Waals surface area (Å²) in [7, 11) is 0. The number of aromatic nitrogens is 2. The minimum atomic E-state index is -0.291. The van der Waals surface area contributed by atoms with Crippen LogP contribution in [0.4, 0.5) is 21.7 Å². The number of rotatable bonds is 5. The van der Waals surface area contributed by atoms with Crippen molar-refractivity contribution in [3.63, 3.8) is 0 Å². The number of aryl methyl sites for hydroxylation is 2. The molecule has 1 aromatic carbocycles. The molecule has 2 rings (SSSR count). The van der Waals surface area contributed by atoms with Gasteiger partial charge in [0.15, 0.2) is 0 Å². The van der Waals surface area contributed by atoms with Gasteiger partial charge in [-0.25, -0.2) is 20.2 Å². The van der Waals surface area contributed by atoms with Crippen LogP contribution in [0.5, 0.6) is 0 Å². The minimum absolute atomic E-state index is 0.291. The van der Waals surface area contributed by atoms with Gasteiger partial charge in [-0.1, -0.05) is 13.0 Å². The van der Waals surface area contributed by atoms with Gasteiger partial charge in [-0.2, -0.15) is 0 Å². The first-order valence-corrected chi connectivity index (χ1v) is 6.92. The number of nitrogens with two attached hydrogens (primary N) is 1. The summed E-state index contributed by atoms with van der Waals surface area (Å²) in [6.45, 7) is 5.83. The Morgan fingerprint density at radius 2 is 1.90 bits per heavy atom. The van der Waals surface area contributed by atoms with Gasteiger partial charge in [0.2, 0.25) is 0 Å². The summed E-state index contributed by atoms with van der Waals surface area (Å²) in [5.74, 6) is 7.12. The lowest BCUT2D eigenvalue weighted by Gasteiger charge is -2.15. The van der Waals surface area contributed by atoms with E-state index in [1.807, 2.05) is 13.8 Å². The molecule has 0 fully saturated rings. The van der Waals surface area contributed by atoms with Gasteiger partial charge in [0, 0.05) is 17.7 Å². The summed E-state index contributed by atoms with van der Waals surface area (Å²) in [4.78, 5) is 8.86. The number of hydrazine groups is 1. The number of nitrogens with one attached hydrogen (secondary N) is 2. The molecule has 2 aromatic rings. The Labute approximate surface area is 123 Å². The first-order chi connectivity index (χ1) is 10.0. The molecular formula is C15H20FN5. The van der Waals surface area contributed by atoms with E-state index in [0.29, 0.717) is 23.1 Å². The molecule has 0 saturated heterocycles. The number of anilines is 3. The largest absolute Gasteiger partial charge is 0.340 e. The van der Waals surface area contributed by atoms with Gasteiger partial charge < -0.3 is 10.7 Å². The lowest BCUT2D eigenvalue weighted by molar-refractivity contribution is 0.628. The highest BCUT2D eigenvalue weighted by Crippen LogP contribution is 2.25. The van der Waals surface area contributed by atoms with Crippen molar-refractivity contribution in [1.29, 1.82) is 0 Å².